The Morgan fingerprint density at radius 3 is 2.35 bits per heavy atom. The van der Waals surface area contributed by atoms with Crippen LogP contribution in [0.3, 0.4) is 0 Å². The molecular formula is C21H39N5O11. The van der Waals surface area contributed by atoms with Crippen LogP contribution < -0.4 is 27.4 Å². The largest absolute Gasteiger partial charge is 0.388 e. The zero-order valence-electron chi connectivity index (χ0n) is 20.9. The molecule has 16 nitrogen and oxygen atoms in total. The maximum absolute atomic E-state index is 12.0. The molecule has 214 valence electrons. The summed E-state index contributed by atoms with van der Waals surface area (Å²) in [5.41, 5.74) is 7.20. The van der Waals surface area contributed by atoms with E-state index in [1.165, 1.54) is 14.2 Å². The molecule has 2 fully saturated rings. The molecule has 37 heavy (non-hydrogen) atoms. The Balaban J connectivity index is 1.98. The van der Waals surface area contributed by atoms with Crippen molar-refractivity contribution >= 4 is 18.1 Å². The number of unbranched alkanes of at least 4 members (excludes halogenated alkanes) is 1. The lowest BCUT2D eigenvalue weighted by Gasteiger charge is -2.46. The molecular weight excluding hydrogens is 498 g/mol. The molecule has 0 spiro atoms. The average Bonchev–Trinajstić information content (AvgIpc) is 2.90. The molecule has 16 heteroatoms. The number of hydrogen-bond donors (Lipinski definition) is 8. The summed E-state index contributed by atoms with van der Waals surface area (Å²) >= 11 is 0. The van der Waals surface area contributed by atoms with Crippen LogP contribution in [0.1, 0.15) is 25.7 Å². The number of hydrogen-bond acceptors (Lipinski definition) is 14. The van der Waals surface area contributed by atoms with Gasteiger partial charge >= 0.3 is 0 Å². The van der Waals surface area contributed by atoms with E-state index in [1.807, 2.05) is 5.43 Å². The van der Waals surface area contributed by atoms with Gasteiger partial charge in [-0.15, -0.1) is 0 Å². The normalized spacial score (nSPS) is 34.1. The number of carbonyl (C=O) groups is 3. The van der Waals surface area contributed by atoms with Gasteiger partial charge in [0.05, 0.1) is 19.2 Å². The minimum absolute atomic E-state index is 0.0505. The fourth-order valence-corrected chi connectivity index (χ4v) is 4.05. The minimum Gasteiger partial charge on any atom is -0.388 e. The Morgan fingerprint density at radius 2 is 1.73 bits per heavy atom. The summed E-state index contributed by atoms with van der Waals surface area (Å²) in [5.74, 6) is 4.36. The van der Waals surface area contributed by atoms with Crippen molar-refractivity contribution in [2.75, 3.05) is 33.9 Å². The van der Waals surface area contributed by atoms with Gasteiger partial charge in [-0.1, -0.05) is 0 Å². The van der Waals surface area contributed by atoms with E-state index in [4.69, 9.17) is 29.5 Å². The lowest BCUT2D eigenvalue weighted by molar-refractivity contribution is -0.326. The highest BCUT2D eigenvalue weighted by atomic mass is 16.7. The Labute approximate surface area is 214 Å². The van der Waals surface area contributed by atoms with E-state index in [1.54, 1.807) is 0 Å². The van der Waals surface area contributed by atoms with E-state index in [9.17, 15) is 29.7 Å². The molecule has 2 amide bonds. The lowest BCUT2D eigenvalue weighted by Crippen LogP contribution is -2.67. The van der Waals surface area contributed by atoms with Gasteiger partial charge in [-0.2, -0.15) is 0 Å². The maximum Gasteiger partial charge on any atom is 0.234 e. The molecule has 0 bridgehead atoms. The van der Waals surface area contributed by atoms with Gasteiger partial charge in [-0.05, 0) is 12.8 Å². The van der Waals surface area contributed by atoms with Gasteiger partial charge in [0.25, 0.3) is 0 Å². The SMILES string of the molecule is COC1COC(OC2C(O)C(CNNC(=O)CCCCC(=O)NN)OC(OC)C2NCC=O)C(O)C1O. The van der Waals surface area contributed by atoms with Gasteiger partial charge in [0.15, 0.2) is 12.6 Å². The van der Waals surface area contributed by atoms with E-state index in [-0.39, 0.29) is 44.4 Å². The van der Waals surface area contributed by atoms with E-state index in [2.05, 4.69) is 16.2 Å². The number of nitrogens with two attached hydrogens (primary N) is 1. The number of methoxy groups -OCH3 is 2. The molecule has 0 aromatic rings. The zero-order valence-corrected chi connectivity index (χ0v) is 20.9. The fourth-order valence-electron chi connectivity index (χ4n) is 4.05. The molecule has 0 aromatic heterocycles. The van der Waals surface area contributed by atoms with Crippen molar-refractivity contribution in [2.24, 2.45) is 5.84 Å². The Bertz CT molecular complexity index is 720. The monoisotopic (exact) mass is 537 g/mol. The highest BCUT2D eigenvalue weighted by molar-refractivity contribution is 5.76. The second kappa shape index (κ2) is 16.2. The van der Waals surface area contributed by atoms with Crippen LogP contribution in [0.2, 0.25) is 0 Å². The summed E-state index contributed by atoms with van der Waals surface area (Å²) in [5, 5.41) is 34.6. The second-order valence-electron chi connectivity index (χ2n) is 8.63. The molecule has 2 aliphatic rings. The van der Waals surface area contributed by atoms with Crippen molar-refractivity contribution in [3.63, 3.8) is 0 Å². The van der Waals surface area contributed by atoms with E-state index < -0.39 is 55.2 Å². The summed E-state index contributed by atoms with van der Waals surface area (Å²) in [6.45, 7) is -0.216. The molecule has 2 heterocycles. The Kier molecular flexibility index (Phi) is 13.7. The summed E-state index contributed by atoms with van der Waals surface area (Å²) in [7, 11) is 2.73. The first kappa shape index (κ1) is 31.4. The minimum atomic E-state index is -1.48. The Morgan fingerprint density at radius 1 is 1.03 bits per heavy atom. The number of aliphatic hydroxyl groups excluding tert-OH is 3. The van der Waals surface area contributed by atoms with Crippen molar-refractivity contribution < 1.29 is 53.4 Å². The molecule has 0 aromatic carbocycles. The predicted octanol–water partition coefficient (Wildman–Crippen LogP) is -4.47. The zero-order chi connectivity index (χ0) is 27.4. The number of amides is 2. The standard InChI is InChI=1S/C21H39N5O11/c1-33-12-10-35-21(18(32)16(12)30)37-19-15(23-7-8-27)20(34-2)36-11(17(19)31)9-24-26-14(29)6-4-3-5-13(28)25-22/h8,11-12,15-21,23-24,30-32H,3-7,9-10,22H2,1-2H3,(H,25,28)(H,26,29). The van der Waals surface area contributed by atoms with Crippen LogP contribution in [-0.4, -0.2) is 123 Å². The lowest BCUT2D eigenvalue weighted by atomic mass is 9.95. The average molecular weight is 538 g/mol. The van der Waals surface area contributed by atoms with Gasteiger partial charge in [0, 0.05) is 33.6 Å². The quantitative estimate of drug-likeness (QED) is 0.0324. The number of rotatable bonds is 15. The topological polar surface area (TPSA) is 232 Å². The molecule has 0 radical (unpaired) electrons. The fraction of sp³-hybridized carbons (Fsp3) is 0.857. The van der Waals surface area contributed by atoms with E-state index in [0.717, 1.165) is 0 Å². The molecule has 2 aliphatic heterocycles. The van der Waals surface area contributed by atoms with Crippen molar-refractivity contribution in [1.29, 1.82) is 0 Å². The van der Waals surface area contributed by atoms with Crippen LogP contribution in [0.15, 0.2) is 0 Å². The molecule has 9 N–H and O–H groups in total. The first-order valence-corrected chi connectivity index (χ1v) is 12.0. The number of carbonyl (C=O) groups excluding carboxylic acids is 3. The number of ether oxygens (including phenoxy) is 5. The highest BCUT2D eigenvalue weighted by Gasteiger charge is 2.49. The first-order valence-electron chi connectivity index (χ1n) is 12.0. The van der Waals surface area contributed by atoms with Gasteiger partial charge in [-0.25, -0.2) is 11.3 Å². The summed E-state index contributed by atoms with van der Waals surface area (Å²) < 4.78 is 27.6. The Hall–Kier alpha value is -1.83. The summed E-state index contributed by atoms with van der Waals surface area (Å²) in [6, 6.07) is -0.852. The van der Waals surface area contributed by atoms with Crippen LogP contribution in [-0.2, 0) is 38.1 Å². The third-order valence-corrected chi connectivity index (χ3v) is 6.12. The van der Waals surface area contributed by atoms with Crippen LogP contribution in [0.25, 0.3) is 0 Å². The molecule has 2 saturated heterocycles. The van der Waals surface area contributed by atoms with Crippen molar-refractivity contribution in [1.82, 2.24) is 21.6 Å². The second-order valence-corrected chi connectivity index (χ2v) is 8.63. The third kappa shape index (κ3) is 9.15. The molecule has 0 saturated carbocycles. The number of aldehydes is 1. The number of nitrogens with one attached hydrogen (secondary N) is 4. The van der Waals surface area contributed by atoms with E-state index in [0.29, 0.717) is 19.1 Å². The van der Waals surface area contributed by atoms with Gasteiger partial charge < -0.3 is 49.1 Å². The van der Waals surface area contributed by atoms with Crippen LogP contribution in [0.4, 0.5) is 0 Å². The molecule has 2 rings (SSSR count). The number of aliphatic hydroxyl groups is 3. The summed E-state index contributed by atoms with van der Waals surface area (Å²) in [6.07, 6.45) is -7.29. The summed E-state index contributed by atoms with van der Waals surface area (Å²) in [4.78, 5) is 34.1. The van der Waals surface area contributed by atoms with Crippen molar-refractivity contribution in [3.8, 4) is 0 Å². The molecule has 0 aliphatic carbocycles. The van der Waals surface area contributed by atoms with Gasteiger partial charge in [0.2, 0.25) is 11.8 Å². The smallest absolute Gasteiger partial charge is 0.234 e. The highest BCUT2D eigenvalue weighted by Crippen LogP contribution is 2.28. The predicted molar refractivity (Wildman–Crippen MR) is 124 cm³/mol. The molecule has 9 atom stereocenters. The van der Waals surface area contributed by atoms with Crippen LogP contribution >= 0.6 is 0 Å². The maximum atomic E-state index is 12.0. The molecule has 9 unspecified atom stereocenters. The third-order valence-electron chi connectivity index (χ3n) is 6.12. The van der Waals surface area contributed by atoms with Gasteiger partial charge in [-0.3, -0.25) is 20.4 Å². The van der Waals surface area contributed by atoms with Gasteiger partial charge in [0.1, 0.15) is 42.9 Å². The number of hydrazine groups is 2. The van der Waals surface area contributed by atoms with Crippen LogP contribution in [0.5, 0.6) is 0 Å². The van der Waals surface area contributed by atoms with Crippen molar-refractivity contribution in [3.05, 3.63) is 0 Å². The van der Waals surface area contributed by atoms with E-state index >= 15 is 0 Å². The van der Waals surface area contributed by atoms with Crippen LogP contribution in [0, 0.1) is 0 Å². The van der Waals surface area contributed by atoms with Crippen molar-refractivity contribution in [2.45, 2.75) is 80.9 Å². The first-order chi connectivity index (χ1) is 17.8.